The Labute approximate surface area is 131 Å². The van der Waals surface area contributed by atoms with E-state index in [1.807, 2.05) is 37.3 Å². The number of hydrogen-bond acceptors (Lipinski definition) is 4. The van der Waals surface area contributed by atoms with E-state index in [2.05, 4.69) is 0 Å². The highest BCUT2D eigenvalue weighted by Gasteiger charge is 2.61. The molecule has 1 fully saturated rings. The summed E-state index contributed by atoms with van der Waals surface area (Å²) in [5.41, 5.74) is -0.714. The average molecular weight is 305 g/mol. The molecule has 1 aromatic rings. The van der Waals surface area contributed by atoms with Gasteiger partial charge in [-0.05, 0) is 25.3 Å². The minimum atomic E-state index is -1.26. The zero-order valence-electron chi connectivity index (χ0n) is 13.6. The molecule has 0 unspecified atom stereocenters. The maximum atomic E-state index is 12.6. The molecule has 1 aliphatic carbocycles. The van der Waals surface area contributed by atoms with Crippen molar-refractivity contribution in [3.63, 3.8) is 0 Å². The number of nitrogens with zero attached hydrogens (tertiary/aromatic N) is 1. The number of benzene rings is 1. The number of hydrogen-bond donors (Lipinski definition) is 0. The largest absolute Gasteiger partial charge is 0.458 e. The van der Waals surface area contributed by atoms with Crippen molar-refractivity contribution >= 4 is 12.1 Å². The number of carbonyl (C=O) groups excluding carboxylic acids is 2. The monoisotopic (exact) mass is 305 g/mol. The van der Waals surface area contributed by atoms with Crippen LogP contribution in [0.4, 0.5) is 4.79 Å². The lowest BCUT2D eigenvalue weighted by Gasteiger charge is -2.34. The molecule has 0 heterocycles. The van der Waals surface area contributed by atoms with Gasteiger partial charge in [-0.3, -0.25) is 0 Å². The summed E-state index contributed by atoms with van der Waals surface area (Å²) in [5, 5.41) is 0. The van der Waals surface area contributed by atoms with Gasteiger partial charge >= 0.3 is 12.1 Å². The first kappa shape index (κ1) is 16.3. The van der Waals surface area contributed by atoms with Crippen LogP contribution in [0.5, 0.6) is 0 Å². The van der Waals surface area contributed by atoms with Crippen molar-refractivity contribution in [2.45, 2.75) is 38.9 Å². The van der Waals surface area contributed by atoms with Gasteiger partial charge in [-0.15, -0.1) is 0 Å². The number of ether oxygens (including phenoxy) is 2. The molecular weight excluding hydrogens is 282 g/mol. The van der Waals surface area contributed by atoms with E-state index in [1.165, 1.54) is 4.90 Å². The molecule has 1 aromatic carbocycles. The molecule has 0 bridgehead atoms. The third-order valence-corrected chi connectivity index (χ3v) is 4.41. The van der Waals surface area contributed by atoms with Crippen LogP contribution < -0.4 is 0 Å². The first-order chi connectivity index (χ1) is 10.3. The van der Waals surface area contributed by atoms with E-state index < -0.39 is 17.7 Å². The molecule has 0 aromatic heterocycles. The summed E-state index contributed by atoms with van der Waals surface area (Å²) in [6, 6.07) is 9.44. The molecule has 0 aliphatic heterocycles. The first-order valence-corrected chi connectivity index (χ1v) is 7.40. The van der Waals surface area contributed by atoms with Gasteiger partial charge in [-0.25, -0.2) is 9.59 Å². The van der Waals surface area contributed by atoms with Crippen LogP contribution in [0.2, 0.25) is 0 Å². The second-order valence-electron chi connectivity index (χ2n) is 6.42. The van der Waals surface area contributed by atoms with E-state index in [0.29, 0.717) is 0 Å². The summed E-state index contributed by atoms with van der Waals surface area (Å²) in [7, 11) is 3.18. The molecule has 2 rings (SSSR count). The van der Waals surface area contributed by atoms with Gasteiger partial charge in [0.2, 0.25) is 5.60 Å². The van der Waals surface area contributed by atoms with Crippen LogP contribution in [-0.2, 0) is 20.9 Å². The van der Waals surface area contributed by atoms with Crippen molar-refractivity contribution in [1.82, 2.24) is 4.90 Å². The Kier molecular flexibility index (Phi) is 4.44. The van der Waals surface area contributed by atoms with Gasteiger partial charge in [0.1, 0.15) is 6.61 Å². The molecule has 5 heteroatoms. The highest BCUT2D eigenvalue weighted by atomic mass is 16.6. The molecule has 1 atom stereocenters. The number of amides is 1. The third-order valence-electron chi connectivity index (χ3n) is 4.41. The van der Waals surface area contributed by atoms with Crippen LogP contribution in [0.25, 0.3) is 0 Å². The van der Waals surface area contributed by atoms with Crippen LogP contribution >= 0.6 is 0 Å². The van der Waals surface area contributed by atoms with E-state index in [1.54, 1.807) is 21.0 Å². The molecule has 0 radical (unpaired) electrons. The molecule has 22 heavy (non-hydrogen) atoms. The summed E-state index contributed by atoms with van der Waals surface area (Å²) in [6.45, 7) is 3.76. The fraction of sp³-hybridized carbons (Fsp3) is 0.529. The molecule has 0 N–H and O–H groups in total. The maximum absolute atomic E-state index is 12.6. The first-order valence-electron chi connectivity index (χ1n) is 7.40. The molecule has 0 saturated heterocycles. The molecule has 1 aliphatic rings. The SMILES string of the molecule is CN(C)C(=O)O[C@@](C)(C(=O)OCc1ccccc1)C1(C)CC1. The predicted octanol–water partition coefficient (Wildman–Crippen LogP) is 2.99. The van der Waals surface area contributed by atoms with Crippen molar-refractivity contribution in [3.05, 3.63) is 35.9 Å². The van der Waals surface area contributed by atoms with E-state index in [0.717, 1.165) is 18.4 Å². The molecule has 0 spiro atoms. The Balaban J connectivity index is 2.08. The van der Waals surface area contributed by atoms with Gasteiger partial charge in [0.05, 0.1) is 0 Å². The second kappa shape index (κ2) is 5.99. The Morgan fingerprint density at radius 1 is 1.23 bits per heavy atom. The zero-order valence-corrected chi connectivity index (χ0v) is 13.6. The standard InChI is InChI=1S/C17H23NO4/c1-16(10-11-16)17(2,22-15(20)18(3)4)14(19)21-12-13-8-6-5-7-9-13/h5-9H,10-12H2,1-4H3/t17-/m0/s1. The molecule has 120 valence electrons. The van der Waals surface area contributed by atoms with Crippen LogP contribution in [0.1, 0.15) is 32.3 Å². The topological polar surface area (TPSA) is 55.8 Å². The highest BCUT2D eigenvalue weighted by Crippen LogP contribution is 2.55. The number of esters is 1. The van der Waals surface area contributed by atoms with Crippen molar-refractivity contribution in [2.75, 3.05) is 14.1 Å². The molecule has 5 nitrogen and oxygen atoms in total. The Bertz CT molecular complexity index is 551. The van der Waals surface area contributed by atoms with Gasteiger partial charge in [0.25, 0.3) is 0 Å². The third kappa shape index (κ3) is 3.24. The van der Waals surface area contributed by atoms with Crippen LogP contribution in [0.3, 0.4) is 0 Å². The summed E-state index contributed by atoms with van der Waals surface area (Å²) in [4.78, 5) is 25.8. The fourth-order valence-corrected chi connectivity index (χ4v) is 2.20. The van der Waals surface area contributed by atoms with E-state index >= 15 is 0 Å². The van der Waals surface area contributed by atoms with E-state index in [4.69, 9.17) is 9.47 Å². The minimum absolute atomic E-state index is 0.171. The fourth-order valence-electron chi connectivity index (χ4n) is 2.20. The summed E-state index contributed by atoms with van der Waals surface area (Å²) >= 11 is 0. The van der Waals surface area contributed by atoms with Crippen molar-refractivity contribution < 1.29 is 19.1 Å². The van der Waals surface area contributed by atoms with Gasteiger partial charge in [-0.1, -0.05) is 37.3 Å². The second-order valence-corrected chi connectivity index (χ2v) is 6.42. The normalized spacial score (nSPS) is 18.0. The lowest BCUT2D eigenvalue weighted by atomic mass is 9.87. The van der Waals surface area contributed by atoms with E-state index in [9.17, 15) is 9.59 Å². The van der Waals surface area contributed by atoms with Crippen LogP contribution in [0.15, 0.2) is 30.3 Å². The average Bonchev–Trinajstić information content (AvgIpc) is 3.25. The smallest absolute Gasteiger partial charge is 0.410 e. The summed E-state index contributed by atoms with van der Waals surface area (Å²) < 4.78 is 10.9. The Morgan fingerprint density at radius 2 is 1.82 bits per heavy atom. The lowest BCUT2D eigenvalue weighted by molar-refractivity contribution is -0.173. The van der Waals surface area contributed by atoms with Crippen molar-refractivity contribution in [2.24, 2.45) is 5.41 Å². The quantitative estimate of drug-likeness (QED) is 0.785. The molecular formula is C17H23NO4. The van der Waals surface area contributed by atoms with Crippen LogP contribution in [0, 0.1) is 5.41 Å². The van der Waals surface area contributed by atoms with Gasteiger partial charge in [-0.2, -0.15) is 0 Å². The van der Waals surface area contributed by atoms with Gasteiger partial charge in [0, 0.05) is 19.5 Å². The maximum Gasteiger partial charge on any atom is 0.410 e. The van der Waals surface area contributed by atoms with Crippen molar-refractivity contribution in [3.8, 4) is 0 Å². The van der Waals surface area contributed by atoms with Crippen molar-refractivity contribution in [1.29, 1.82) is 0 Å². The Morgan fingerprint density at radius 3 is 2.32 bits per heavy atom. The Hall–Kier alpha value is -2.04. The summed E-state index contributed by atoms with van der Waals surface area (Å²) in [6.07, 6.45) is 1.14. The predicted molar refractivity (Wildman–Crippen MR) is 82.2 cm³/mol. The van der Waals surface area contributed by atoms with Gasteiger partial charge < -0.3 is 14.4 Å². The highest BCUT2D eigenvalue weighted by molar-refractivity contribution is 5.84. The number of rotatable bonds is 5. The zero-order chi connectivity index (χ0) is 16.4. The summed E-state index contributed by atoms with van der Waals surface area (Å²) in [5.74, 6) is -0.494. The lowest BCUT2D eigenvalue weighted by Crippen LogP contribution is -2.50. The number of carbonyl (C=O) groups is 2. The molecule has 1 saturated carbocycles. The van der Waals surface area contributed by atoms with Gasteiger partial charge in [0.15, 0.2) is 0 Å². The minimum Gasteiger partial charge on any atom is -0.458 e. The van der Waals surface area contributed by atoms with Crippen LogP contribution in [-0.4, -0.2) is 36.7 Å². The van der Waals surface area contributed by atoms with E-state index in [-0.39, 0.29) is 12.0 Å². The molecule has 1 amide bonds.